The quantitative estimate of drug-likeness (QED) is 0.406. The Morgan fingerprint density at radius 2 is 2.12 bits per heavy atom. The predicted octanol–water partition coefficient (Wildman–Crippen LogP) is 3.70. The molecule has 4 aliphatic heterocycles. The molecule has 3 saturated heterocycles. The van der Waals surface area contributed by atoms with Gasteiger partial charge in [0.2, 0.25) is 0 Å². The third-order valence-electron chi connectivity index (χ3n) is 9.33. The molecule has 3 N–H and O–H groups in total. The van der Waals surface area contributed by atoms with Gasteiger partial charge in [-0.25, -0.2) is 4.39 Å². The summed E-state index contributed by atoms with van der Waals surface area (Å²) in [5, 5.41) is 27.9. The van der Waals surface area contributed by atoms with E-state index in [2.05, 4.69) is 32.1 Å². The van der Waals surface area contributed by atoms with E-state index in [1.807, 2.05) is 36.7 Å². The molecule has 3 aromatic heterocycles. The Morgan fingerprint density at radius 1 is 1.31 bits per heavy atom. The average molecular weight is 607 g/mol. The highest BCUT2D eigenvalue weighted by Gasteiger charge is 2.53. The van der Waals surface area contributed by atoms with Gasteiger partial charge in [-0.05, 0) is 32.4 Å². The molecule has 3 aromatic rings. The van der Waals surface area contributed by atoms with Crippen molar-refractivity contribution in [2.75, 3.05) is 55.4 Å². The number of hydrogen-bond acceptors (Lipinski definition) is 12. The van der Waals surface area contributed by atoms with Crippen LogP contribution in [0.1, 0.15) is 59.5 Å². The molecule has 1 spiro atoms. The van der Waals surface area contributed by atoms with E-state index in [0.717, 1.165) is 41.3 Å². The minimum Gasteiger partial charge on any atom is -0.461 e. The molecule has 3 fully saturated rings. The normalized spacial score (nSPS) is 24.6. The summed E-state index contributed by atoms with van der Waals surface area (Å²) in [6.45, 7) is 4.77. The Balaban J connectivity index is 1.23. The van der Waals surface area contributed by atoms with E-state index in [1.54, 1.807) is 6.20 Å². The summed E-state index contributed by atoms with van der Waals surface area (Å²) in [6.07, 6.45) is 3.16. The largest absolute Gasteiger partial charge is 0.461 e. The number of nitrogen functional groups attached to an aromatic ring is 1. The number of aromatic amines is 1. The van der Waals surface area contributed by atoms with Crippen LogP contribution >= 0.6 is 23.1 Å². The summed E-state index contributed by atoms with van der Waals surface area (Å²) in [5.74, 6) is 1.76. The van der Waals surface area contributed by atoms with Crippen LogP contribution in [0, 0.1) is 22.7 Å². The van der Waals surface area contributed by atoms with Crippen LogP contribution < -0.4 is 20.3 Å². The van der Waals surface area contributed by atoms with E-state index in [-0.39, 0.29) is 22.3 Å². The molecular formula is C28H31FN10OS2. The number of halogens is 1. The van der Waals surface area contributed by atoms with E-state index < -0.39 is 6.17 Å². The zero-order valence-corrected chi connectivity index (χ0v) is 25.1. The van der Waals surface area contributed by atoms with Gasteiger partial charge in [0.1, 0.15) is 35.5 Å². The molecule has 0 aliphatic carbocycles. The Morgan fingerprint density at radius 3 is 2.86 bits per heavy atom. The molecule has 0 bridgehead atoms. The first-order chi connectivity index (χ1) is 20.3. The second-order valence-electron chi connectivity index (χ2n) is 11.7. The van der Waals surface area contributed by atoms with Crippen molar-refractivity contribution in [1.82, 2.24) is 25.1 Å². The summed E-state index contributed by atoms with van der Waals surface area (Å²) in [6, 6.07) is 6.57. The SMILES string of the molecule is C[C@@H](c1ccn[nH]1)N(C)c1nc(OC[C@@]23CCCN2C[C@H](F)C3)nc(N2CC3(C2)SCc2sc(N)c(C#N)c23)c1C#N. The standard InChI is InChI=1S/C28H31FN10OS2/c1-16(20-4-6-33-36-20)37(2)24-19(10-31)25(35-26(34-24)40-15-27-5-3-7-39(27)11-17(29)8-27)38-13-28(14-38)22-18(9-30)23(32)42-21(22)12-41-28/h4,6,16-17H,3,5,7-8,11-15,32H2,1-2H3,(H,33,36)/t16-,17+,27-/m0/s1. The van der Waals surface area contributed by atoms with Crippen LogP contribution in [-0.4, -0.2) is 76.6 Å². The zero-order valence-electron chi connectivity index (χ0n) is 23.4. The molecule has 7 rings (SSSR count). The molecule has 42 heavy (non-hydrogen) atoms. The number of H-pyrrole nitrogens is 1. The highest BCUT2D eigenvalue weighted by Crippen LogP contribution is 2.58. The molecule has 3 atom stereocenters. The summed E-state index contributed by atoms with van der Waals surface area (Å²) < 4.78 is 20.4. The van der Waals surface area contributed by atoms with Gasteiger partial charge in [-0.15, -0.1) is 23.1 Å². The van der Waals surface area contributed by atoms with Crippen molar-refractivity contribution in [1.29, 1.82) is 10.5 Å². The maximum absolute atomic E-state index is 14.4. The van der Waals surface area contributed by atoms with Crippen LogP contribution in [0.3, 0.4) is 0 Å². The number of hydrogen-bond donors (Lipinski definition) is 2. The van der Waals surface area contributed by atoms with Gasteiger partial charge in [-0.2, -0.15) is 25.6 Å². The van der Waals surface area contributed by atoms with Gasteiger partial charge in [0, 0.05) is 55.5 Å². The van der Waals surface area contributed by atoms with Crippen molar-refractivity contribution < 1.29 is 9.13 Å². The summed E-state index contributed by atoms with van der Waals surface area (Å²) in [7, 11) is 1.88. The van der Waals surface area contributed by atoms with Gasteiger partial charge in [0.05, 0.1) is 27.6 Å². The number of fused-ring (bicyclic) bond motifs is 3. The van der Waals surface area contributed by atoms with E-state index in [0.29, 0.717) is 60.4 Å². The van der Waals surface area contributed by atoms with Gasteiger partial charge >= 0.3 is 6.01 Å². The number of thioether (sulfide) groups is 1. The number of aromatic nitrogens is 4. The van der Waals surface area contributed by atoms with Gasteiger partial charge < -0.3 is 20.3 Å². The Kier molecular flexibility index (Phi) is 6.49. The van der Waals surface area contributed by atoms with Gasteiger partial charge in [-0.3, -0.25) is 10.00 Å². The molecule has 0 amide bonds. The number of alkyl halides is 1. The minimum atomic E-state index is -0.862. The lowest BCUT2D eigenvalue weighted by Gasteiger charge is -2.48. The van der Waals surface area contributed by atoms with Crippen molar-refractivity contribution in [3.05, 3.63) is 39.5 Å². The fourth-order valence-electron chi connectivity index (χ4n) is 7.04. The molecule has 4 aliphatic rings. The predicted molar refractivity (Wildman–Crippen MR) is 159 cm³/mol. The Labute approximate surface area is 251 Å². The summed E-state index contributed by atoms with van der Waals surface area (Å²) >= 11 is 3.31. The first-order valence-electron chi connectivity index (χ1n) is 14.0. The van der Waals surface area contributed by atoms with Crippen molar-refractivity contribution in [3.63, 3.8) is 0 Å². The number of nitrogens with two attached hydrogens (primary N) is 1. The van der Waals surface area contributed by atoms with Crippen LogP contribution in [0.5, 0.6) is 6.01 Å². The Bertz CT molecular complexity index is 1610. The summed E-state index contributed by atoms with van der Waals surface area (Å²) in [5.41, 5.74) is 8.66. The number of thiophene rings is 1. The van der Waals surface area contributed by atoms with Crippen LogP contribution in [0.4, 0.5) is 21.0 Å². The lowest BCUT2D eigenvalue weighted by molar-refractivity contribution is 0.107. The molecule has 0 aromatic carbocycles. The molecule has 14 heteroatoms. The van der Waals surface area contributed by atoms with Gasteiger partial charge in [0.15, 0.2) is 11.6 Å². The van der Waals surface area contributed by atoms with Crippen LogP contribution in [-0.2, 0) is 10.5 Å². The van der Waals surface area contributed by atoms with Gasteiger partial charge in [-0.1, -0.05) is 0 Å². The number of ether oxygens (including phenoxy) is 1. The van der Waals surface area contributed by atoms with Crippen LogP contribution in [0.25, 0.3) is 0 Å². The van der Waals surface area contributed by atoms with Crippen molar-refractivity contribution >= 4 is 39.7 Å². The first-order valence-corrected chi connectivity index (χ1v) is 15.8. The monoisotopic (exact) mass is 606 g/mol. The summed E-state index contributed by atoms with van der Waals surface area (Å²) in [4.78, 5) is 16.9. The highest BCUT2D eigenvalue weighted by atomic mass is 32.2. The fourth-order valence-corrected chi connectivity index (χ4v) is 9.85. The van der Waals surface area contributed by atoms with E-state index >= 15 is 0 Å². The topological polar surface area (TPSA) is 147 Å². The molecule has 0 unspecified atom stereocenters. The lowest BCUT2D eigenvalue weighted by Crippen LogP contribution is -2.57. The molecular weight excluding hydrogens is 576 g/mol. The van der Waals surface area contributed by atoms with Gasteiger partial charge in [0.25, 0.3) is 0 Å². The third-order valence-corrected chi connectivity index (χ3v) is 12.0. The average Bonchev–Trinajstić information content (AvgIpc) is 3.77. The van der Waals surface area contributed by atoms with Crippen LogP contribution in [0.15, 0.2) is 12.3 Å². The maximum atomic E-state index is 14.4. The zero-order chi connectivity index (χ0) is 29.2. The maximum Gasteiger partial charge on any atom is 0.320 e. The fraction of sp³-hybridized carbons (Fsp3) is 0.536. The second kappa shape index (κ2) is 10.0. The second-order valence-corrected chi connectivity index (χ2v) is 14.2. The number of nitrogens with zero attached hydrogens (tertiary/aromatic N) is 8. The van der Waals surface area contributed by atoms with E-state index in [1.165, 1.54) is 11.3 Å². The van der Waals surface area contributed by atoms with Crippen molar-refractivity contribution in [2.24, 2.45) is 0 Å². The molecule has 218 valence electrons. The Hall–Kier alpha value is -3.59. The molecule has 0 saturated carbocycles. The van der Waals surface area contributed by atoms with E-state index in [9.17, 15) is 14.9 Å². The van der Waals surface area contributed by atoms with Crippen molar-refractivity contribution in [3.8, 4) is 18.1 Å². The van der Waals surface area contributed by atoms with Crippen LogP contribution in [0.2, 0.25) is 0 Å². The molecule has 7 heterocycles. The lowest BCUT2D eigenvalue weighted by atomic mass is 9.88. The molecule has 0 radical (unpaired) electrons. The number of nitriles is 2. The smallest absolute Gasteiger partial charge is 0.320 e. The minimum absolute atomic E-state index is 0.163. The van der Waals surface area contributed by atoms with E-state index in [4.69, 9.17) is 20.4 Å². The number of rotatable bonds is 7. The third kappa shape index (κ3) is 4.11. The highest BCUT2D eigenvalue weighted by molar-refractivity contribution is 8.00. The number of nitrogens with one attached hydrogen (secondary N) is 1. The number of anilines is 3. The molecule has 11 nitrogen and oxygen atoms in total. The van der Waals surface area contributed by atoms with Crippen molar-refractivity contribution in [2.45, 2.75) is 54.4 Å². The first kappa shape index (κ1) is 27.3.